The smallest absolute Gasteiger partial charge is 0.306 e. The third-order valence-electron chi connectivity index (χ3n) is 2.55. The van der Waals surface area contributed by atoms with E-state index in [4.69, 9.17) is 0 Å². The van der Waals surface area contributed by atoms with Crippen LogP contribution in [0.1, 0.15) is 31.9 Å². The maximum atomic E-state index is 11.0. The monoisotopic (exact) mass is 268 g/mol. The molecule has 1 aromatic rings. The Morgan fingerprint density at radius 3 is 3.06 bits per heavy atom. The predicted molar refractivity (Wildman–Crippen MR) is 73.7 cm³/mol. The number of thioether (sulfide) groups is 1. The molecular weight excluding hydrogens is 248 g/mol. The molecule has 1 heterocycles. The SMILES string of the molecule is CCNC(C)c1ccnc(SCCC(=O)OC)c1. The zero-order valence-electron chi connectivity index (χ0n) is 11.1. The van der Waals surface area contributed by atoms with E-state index in [1.54, 1.807) is 11.8 Å². The highest BCUT2D eigenvalue weighted by Gasteiger charge is 2.06. The molecule has 0 aromatic carbocycles. The first-order chi connectivity index (χ1) is 8.67. The molecule has 0 saturated heterocycles. The lowest BCUT2D eigenvalue weighted by atomic mass is 10.1. The number of pyridine rings is 1. The average molecular weight is 268 g/mol. The van der Waals surface area contributed by atoms with E-state index in [0.29, 0.717) is 18.2 Å². The van der Waals surface area contributed by atoms with Crippen molar-refractivity contribution in [3.05, 3.63) is 23.9 Å². The molecule has 5 heteroatoms. The topological polar surface area (TPSA) is 51.2 Å². The lowest BCUT2D eigenvalue weighted by molar-refractivity contribution is -0.140. The third-order valence-corrected chi connectivity index (χ3v) is 3.48. The van der Waals surface area contributed by atoms with Crippen molar-refractivity contribution >= 4 is 17.7 Å². The van der Waals surface area contributed by atoms with E-state index >= 15 is 0 Å². The third kappa shape index (κ3) is 5.06. The largest absolute Gasteiger partial charge is 0.469 e. The first kappa shape index (κ1) is 15.0. The van der Waals surface area contributed by atoms with Gasteiger partial charge in [-0.05, 0) is 31.2 Å². The highest BCUT2D eigenvalue weighted by molar-refractivity contribution is 7.99. The Morgan fingerprint density at radius 2 is 2.39 bits per heavy atom. The zero-order chi connectivity index (χ0) is 13.4. The predicted octanol–water partition coefficient (Wildman–Crippen LogP) is 2.41. The molecule has 0 aliphatic carbocycles. The summed E-state index contributed by atoms with van der Waals surface area (Å²) in [7, 11) is 1.41. The van der Waals surface area contributed by atoms with Gasteiger partial charge >= 0.3 is 5.97 Å². The van der Waals surface area contributed by atoms with Crippen molar-refractivity contribution in [2.75, 3.05) is 19.4 Å². The average Bonchev–Trinajstić information content (AvgIpc) is 2.39. The minimum Gasteiger partial charge on any atom is -0.469 e. The molecule has 0 radical (unpaired) electrons. The van der Waals surface area contributed by atoms with E-state index in [1.807, 2.05) is 12.3 Å². The summed E-state index contributed by atoms with van der Waals surface area (Å²) < 4.78 is 4.60. The van der Waals surface area contributed by atoms with Crippen molar-refractivity contribution in [2.45, 2.75) is 31.3 Å². The van der Waals surface area contributed by atoms with Gasteiger partial charge in [0.25, 0.3) is 0 Å². The molecule has 0 spiro atoms. The van der Waals surface area contributed by atoms with Crippen LogP contribution in [0.2, 0.25) is 0 Å². The molecule has 1 unspecified atom stereocenters. The van der Waals surface area contributed by atoms with Crippen molar-refractivity contribution in [1.82, 2.24) is 10.3 Å². The molecule has 1 atom stereocenters. The van der Waals surface area contributed by atoms with Crippen LogP contribution >= 0.6 is 11.8 Å². The molecular formula is C13H20N2O2S. The Kier molecular flexibility index (Phi) is 6.75. The molecule has 18 heavy (non-hydrogen) atoms. The first-order valence-corrected chi connectivity index (χ1v) is 7.04. The summed E-state index contributed by atoms with van der Waals surface area (Å²) in [6.07, 6.45) is 2.22. The van der Waals surface area contributed by atoms with E-state index in [9.17, 15) is 4.79 Å². The molecule has 1 aromatic heterocycles. The molecule has 0 aliphatic heterocycles. The van der Waals surface area contributed by atoms with Crippen molar-refractivity contribution in [1.29, 1.82) is 0 Å². The summed E-state index contributed by atoms with van der Waals surface area (Å²) in [5.74, 6) is 0.512. The Morgan fingerprint density at radius 1 is 1.61 bits per heavy atom. The number of nitrogens with zero attached hydrogens (tertiary/aromatic N) is 1. The lowest BCUT2D eigenvalue weighted by Gasteiger charge is -2.13. The number of methoxy groups -OCH3 is 1. The van der Waals surface area contributed by atoms with Crippen LogP contribution in [0.25, 0.3) is 0 Å². The van der Waals surface area contributed by atoms with Gasteiger partial charge in [-0.25, -0.2) is 4.98 Å². The maximum absolute atomic E-state index is 11.0. The number of nitrogens with one attached hydrogen (secondary N) is 1. The van der Waals surface area contributed by atoms with Gasteiger partial charge in [0.2, 0.25) is 0 Å². The number of esters is 1. The van der Waals surface area contributed by atoms with Crippen LogP contribution in [0.5, 0.6) is 0 Å². The molecule has 1 N–H and O–H groups in total. The van der Waals surface area contributed by atoms with Gasteiger partial charge in [-0.3, -0.25) is 4.79 Å². The number of ether oxygens (including phenoxy) is 1. The van der Waals surface area contributed by atoms with Gasteiger partial charge in [-0.1, -0.05) is 6.92 Å². The molecule has 0 fully saturated rings. The van der Waals surface area contributed by atoms with Gasteiger partial charge in [-0.15, -0.1) is 11.8 Å². The highest BCUT2D eigenvalue weighted by Crippen LogP contribution is 2.20. The van der Waals surface area contributed by atoms with Crippen molar-refractivity contribution in [3.8, 4) is 0 Å². The van der Waals surface area contributed by atoms with E-state index in [2.05, 4.69) is 35.0 Å². The lowest BCUT2D eigenvalue weighted by Crippen LogP contribution is -2.17. The van der Waals surface area contributed by atoms with Crippen LogP contribution in [0, 0.1) is 0 Å². The van der Waals surface area contributed by atoms with Gasteiger partial charge in [0.1, 0.15) is 0 Å². The minimum absolute atomic E-state index is 0.181. The van der Waals surface area contributed by atoms with E-state index in [0.717, 1.165) is 11.6 Å². The number of rotatable bonds is 7. The summed E-state index contributed by atoms with van der Waals surface area (Å²) in [6, 6.07) is 4.39. The standard InChI is InChI=1S/C13H20N2O2S/c1-4-14-10(2)11-5-7-15-12(9-11)18-8-6-13(16)17-3/h5,7,9-10,14H,4,6,8H2,1-3H3. The van der Waals surface area contributed by atoms with Crippen LogP contribution < -0.4 is 5.32 Å². The first-order valence-electron chi connectivity index (χ1n) is 6.06. The second-order valence-electron chi connectivity index (χ2n) is 3.88. The number of hydrogen-bond acceptors (Lipinski definition) is 5. The van der Waals surface area contributed by atoms with Gasteiger partial charge in [-0.2, -0.15) is 0 Å². The number of hydrogen-bond donors (Lipinski definition) is 1. The Labute approximate surface area is 113 Å². The summed E-state index contributed by atoms with van der Waals surface area (Å²) >= 11 is 1.57. The zero-order valence-corrected chi connectivity index (χ0v) is 11.9. The molecule has 1 rings (SSSR count). The fourth-order valence-corrected chi connectivity index (χ4v) is 2.37. The van der Waals surface area contributed by atoms with Crippen LogP contribution in [-0.2, 0) is 9.53 Å². The van der Waals surface area contributed by atoms with Crippen molar-refractivity contribution < 1.29 is 9.53 Å². The Balaban J connectivity index is 2.51. The molecule has 100 valence electrons. The highest BCUT2D eigenvalue weighted by atomic mass is 32.2. The normalized spacial score (nSPS) is 12.2. The van der Waals surface area contributed by atoms with Crippen LogP contribution in [0.3, 0.4) is 0 Å². The van der Waals surface area contributed by atoms with Gasteiger partial charge in [0.15, 0.2) is 0 Å². The van der Waals surface area contributed by atoms with Crippen LogP contribution in [0.4, 0.5) is 0 Å². The fourth-order valence-electron chi connectivity index (χ4n) is 1.54. The Hall–Kier alpha value is -1.07. The number of carbonyl (C=O) groups is 1. The van der Waals surface area contributed by atoms with Gasteiger partial charge in [0, 0.05) is 18.0 Å². The molecule has 0 amide bonds. The van der Waals surface area contributed by atoms with E-state index < -0.39 is 0 Å². The second kappa shape index (κ2) is 8.11. The van der Waals surface area contributed by atoms with E-state index in [1.165, 1.54) is 12.7 Å². The maximum Gasteiger partial charge on any atom is 0.306 e. The Bertz CT molecular complexity index is 385. The van der Waals surface area contributed by atoms with Crippen molar-refractivity contribution in [2.24, 2.45) is 0 Å². The summed E-state index contributed by atoms with van der Waals surface area (Å²) in [5.41, 5.74) is 1.22. The molecule has 0 aliphatic rings. The van der Waals surface area contributed by atoms with E-state index in [-0.39, 0.29) is 5.97 Å². The summed E-state index contributed by atoms with van der Waals surface area (Å²) in [5, 5.41) is 4.31. The van der Waals surface area contributed by atoms with Gasteiger partial charge in [0.05, 0.1) is 18.6 Å². The van der Waals surface area contributed by atoms with Crippen LogP contribution in [-0.4, -0.2) is 30.4 Å². The fraction of sp³-hybridized carbons (Fsp3) is 0.538. The summed E-state index contributed by atoms with van der Waals surface area (Å²) in [6.45, 7) is 5.15. The van der Waals surface area contributed by atoms with Crippen molar-refractivity contribution in [3.63, 3.8) is 0 Å². The minimum atomic E-state index is -0.181. The van der Waals surface area contributed by atoms with Gasteiger partial charge < -0.3 is 10.1 Å². The summed E-state index contributed by atoms with van der Waals surface area (Å²) in [4.78, 5) is 15.3. The molecule has 4 nitrogen and oxygen atoms in total. The second-order valence-corrected chi connectivity index (χ2v) is 5.00. The number of carbonyl (C=O) groups excluding carboxylic acids is 1. The quantitative estimate of drug-likeness (QED) is 0.608. The molecule has 0 saturated carbocycles. The van der Waals surface area contributed by atoms with Crippen LogP contribution in [0.15, 0.2) is 23.4 Å². The molecule has 0 bridgehead atoms. The number of aromatic nitrogens is 1.